The Labute approximate surface area is 124 Å². The standard InChI is InChI=1S/C12H14BrN5O2/c1-7(2)19-11-16-10(14-3)17-12(18-11)20-9-4-8(13)5-15-6-9/h4-7H,1-3H3,(H,14,16,17,18). The topological polar surface area (TPSA) is 82.1 Å². The third-order valence-corrected chi connectivity index (χ3v) is 2.48. The van der Waals surface area contributed by atoms with Gasteiger partial charge in [-0.05, 0) is 35.8 Å². The highest BCUT2D eigenvalue weighted by molar-refractivity contribution is 9.10. The number of anilines is 1. The van der Waals surface area contributed by atoms with Crippen LogP contribution in [0, 0.1) is 0 Å². The number of nitrogens with zero attached hydrogens (tertiary/aromatic N) is 4. The normalized spacial score (nSPS) is 10.4. The van der Waals surface area contributed by atoms with E-state index >= 15 is 0 Å². The van der Waals surface area contributed by atoms with E-state index < -0.39 is 0 Å². The van der Waals surface area contributed by atoms with Gasteiger partial charge in [0.1, 0.15) is 0 Å². The van der Waals surface area contributed by atoms with Crippen LogP contribution in [0.1, 0.15) is 13.8 Å². The summed E-state index contributed by atoms with van der Waals surface area (Å²) in [6.07, 6.45) is 3.19. The molecular weight excluding hydrogens is 326 g/mol. The molecule has 0 aliphatic rings. The van der Waals surface area contributed by atoms with Crippen molar-refractivity contribution in [2.45, 2.75) is 20.0 Å². The van der Waals surface area contributed by atoms with E-state index in [1.807, 2.05) is 13.8 Å². The second-order valence-corrected chi connectivity index (χ2v) is 5.00. The van der Waals surface area contributed by atoms with Crippen LogP contribution in [0.25, 0.3) is 0 Å². The lowest BCUT2D eigenvalue weighted by molar-refractivity contribution is 0.218. The van der Waals surface area contributed by atoms with Crippen molar-refractivity contribution in [3.63, 3.8) is 0 Å². The lowest BCUT2D eigenvalue weighted by Gasteiger charge is -2.10. The van der Waals surface area contributed by atoms with E-state index in [9.17, 15) is 0 Å². The van der Waals surface area contributed by atoms with Gasteiger partial charge in [-0.25, -0.2) is 0 Å². The van der Waals surface area contributed by atoms with Crippen LogP contribution in [-0.2, 0) is 0 Å². The predicted molar refractivity (Wildman–Crippen MR) is 77.1 cm³/mol. The van der Waals surface area contributed by atoms with E-state index in [0.29, 0.717) is 11.7 Å². The lowest BCUT2D eigenvalue weighted by atomic mass is 10.5. The van der Waals surface area contributed by atoms with Crippen LogP contribution in [0.15, 0.2) is 22.9 Å². The number of pyridine rings is 1. The third-order valence-electron chi connectivity index (χ3n) is 2.05. The molecular formula is C12H14BrN5O2. The zero-order valence-electron chi connectivity index (χ0n) is 11.3. The molecule has 0 saturated carbocycles. The Morgan fingerprint density at radius 3 is 2.55 bits per heavy atom. The van der Waals surface area contributed by atoms with Gasteiger partial charge in [-0.3, -0.25) is 4.98 Å². The van der Waals surface area contributed by atoms with Gasteiger partial charge in [0, 0.05) is 17.7 Å². The van der Waals surface area contributed by atoms with Crippen LogP contribution in [0.4, 0.5) is 5.95 Å². The Morgan fingerprint density at radius 1 is 1.15 bits per heavy atom. The molecule has 0 aliphatic carbocycles. The van der Waals surface area contributed by atoms with Crippen LogP contribution in [0.2, 0.25) is 0 Å². The highest BCUT2D eigenvalue weighted by Gasteiger charge is 2.10. The molecule has 2 heterocycles. The van der Waals surface area contributed by atoms with Crippen molar-refractivity contribution in [3.05, 3.63) is 22.9 Å². The van der Waals surface area contributed by atoms with Crippen LogP contribution in [0.3, 0.4) is 0 Å². The van der Waals surface area contributed by atoms with Gasteiger partial charge in [0.05, 0.1) is 12.3 Å². The number of nitrogens with one attached hydrogen (secondary N) is 1. The monoisotopic (exact) mass is 339 g/mol. The predicted octanol–water partition coefficient (Wildman–Crippen LogP) is 2.65. The van der Waals surface area contributed by atoms with Gasteiger partial charge in [-0.1, -0.05) is 0 Å². The molecule has 0 spiro atoms. The van der Waals surface area contributed by atoms with Crippen LogP contribution in [-0.4, -0.2) is 33.1 Å². The maximum Gasteiger partial charge on any atom is 0.330 e. The van der Waals surface area contributed by atoms with Gasteiger partial charge in [-0.15, -0.1) is 4.98 Å². The Balaban J connectivity index is 2.26. The molecule has 1 N–H and O–H groups in total. The first-order valence-electron chi connectivity index (χ1n) is 5.95. The zero-order valence-corrected chi connectivity index (χ0v) is 12.9. The molecule has 0 aromatic carbocycles. The fourth-order valence-corrected chi connectivity index (χ4v) is 1.66. The van der Waals surface area contributed by atoms with E-state index in [-0.39, 0.29) is 18.1 Å². The summed E-state index contributed by atoms with van der Waals surface area (Å²) < 4.78 is 11.8. The molecule has 2 aromatic heterocycles. The SMILES string of the molecule is CNc1nc(Oc2cncc(Br)c2)nc(OC(C)C)n1. The highest BCUT2D eigenvalue weighted by atomic mass is 79.9. The minimum atomic E-state index is -0.0394. The summed E-state index contributed by atoms with van der Waals surface area (Å²) in [4.78, 5) is 16.3. The maximum absolute atomic E-state index is 5.55. The van der Waals surface area contributed by atoms with E-state index in [0.717, 1.165) is 4.47 Å². The Hall–Kier alpha value is -1.96. The van der Waals surface area contributed by atoms with Gasteiger partial charge in [-0.2, -0.15) is 9.97 Å². The maximum atomic E-state index is 5.55. The molecule has 7 nitrogen and oxygen atoms in total. The Kier molecular flexibility index (Phi) is 4.67. The van der Waals surface area contributed by atoms with Crippen molar-refractivity contribution in [1.29, 1.82) is 0 Å². The van der Waals surface area contributed by atoms with Crippen LogP contribution in [0.5, 0.6) is 17.8 Å². The second kappa shape index (κ2) is 6.47. The van der Waals surface area contributed by atoms with Gasteiger partial charge in [0.15, 0.2) is 5.75 Å². The number of hydrogen-bond acceptors (Lipinski definition) is 7. The first kappa shape index (κ1) is 14.4. The third kappa shape index (κ3) is 4.02. The summed E-state index contributed by atoms with van der Waals surface area (Å²) in [5.41, 5.74) is 0. The molecule has 2 rings (SSSR count). The molecule has 0 aliphatic heterocycles. The van der Waals surface area contributed by atoms with Gasteiger partial charge < -0.3 is 14.8 Å². The number of ether oxygens (including phenoxy) is 2. The first-order valence-corrected chi connectivity index (χ1v) is 6.75. The molecule has 0 radical (unpaired) electrons. The fraction of sp³-hybridized carbons (Fsp3) is 0.333. The summed E-state index contributed by atoms with van der Waals surface area (Å²) in [6.45, 7) is 3.78. The molecule has 0 atom stereocenters. The van der Waals surface area contributed by atoms with Gasteiger partial charge in [0.25, 0.3) is 0 Å². The molecule has 20 heavy (non-hydrogen) atoms. The quantitative estimate of drug-likeness (QED) is 0.896. The molecule has 2 aromatic rings. The van der Waals surface area contributed by atoms with Crippen molar-refractivity contribution in [3.8, 4) is 17.8 Å². The second-order valence-electron chi connectivity index (χ2n) is 4.08. The molecule has 0 saturated heterocycles. The minimum Gasteiger partial charge on any atom is -0.461 e. The Bertz CT molecular complexity index is 594. The molecule has 106 valence electrons. The lowest BCUT2D eigenvalue weighted by Crippen LogP contribution is -2.11. The van der Waals surface area contributed by atoms with E-state index in [2.05, 4.69) is 41.2 Å². The summed E-state index contributed by atoms with van der Waals surface area (Å²) in [5, 5.41) is 2.83. The summed E-state index contributed by atoms with van der Waals surface area (Å²) in [6, 6.07) is 2.11. The number of rotatable bonds is 5. The molecule has 0 amide bonds. The Morgan fingerprint density at radius 2 is 1.90 bits per heavy atom. The van der Waals surface area contributed by atoms with Crippen molar-refractivity contribution in [2.75, 3.05) is 12.4 Å². The van der Waals surface area contributed by atoms with Gasteiger partial charge >= 0.3 is 12.0 Å². The molecule has 0 fully saturated rings. The van der Waals surface area contributed by atoms with Crippen LogP contribution < -0.4 is 14.8 Å². The summed E-state index contributed by atoms with van der Waals surface area (Å²) in [7, 11) is 1.71. The van der Waals surface area contributed by atoms with Crippen molar-refractivity contribution < 1.29 is 9.47 Å². The van der Waals surface area contributed by atoms with Crippen LogP contribution >= 0.6 is 15.9 Å². The number of halogens is 1. The summed E-state index contributed by atoms with van der Waals surface area (Å²) >= 11 is 3.32. The average molecular weight is 340 g/mol. The highest BCUT2D eigenvalue weighted by Crippen LogP contribution is 2.22. The average Bonchev–Trinajstić information content (AvgIpc) is 2.37. The van der Waals surface area contributed by atoms with E-state index in [1.54, 1.807) is 25.5 Å². The minimum absolute atomic E-state index is 0.0394. The molecule has 8 heteroatoms. The van der Waals surface area contributed by atoms with Gasteiger partial charge in [0.2, 0.25) is 5.95 Å². The fourth-order valence-electron chi connectivity index (χ4n) is 1.31. The van der Waals surface area contributed by atoms with E-state index in [1.165, 1.54) is 0 Å². The van der Waals surface area contributed by atoms with Crippen molar-refractivity contribution in [2.24, 2.45) is 0 Å². The first-order chi connectivity index (χ1) is 9.56. The number of hydrogen-bond donors (Lipinski definition) is 1. The number of aromatic nitrogens is 4. The smallest absolute Gasteiger partial charge is 0.330 e. The zero-order chi connectivity index (χ0) is 14.5. The summed E-state index contributed by atoms with van der Waals surface area (Å²) in [5.74, 6) is 0.886. The molecule has 0 bridgehead atoms. The van der Waals surface area contributed by atoms with E-state index in [4.69, 9.17) is 9.47 Å². The largest absolute Gasteiger partial charge is 0.461 e. The van der Waals surface area contributed by atoms with Crippen molar-refractivity contribution >= 4 is 21.9 Å². The molecule has 0 unspecified atom stereocenters. The van der Waals surface area contributed by atoms with Crippen molar-refractivity contribution in [1.82, 2.24) is 19.9 Å².